The van der Waals surface area contributed by atoms with Gasteiger partial charge in [-0.3, -0.25) is 0 Å². The van der Waals surface area contributed by atoms with Gasteiger partial charge in [0.1, 0.15) is 0 Å². The summed E-state index contributed by atoms with van der Waals surface area (Å²) in [5.41, 5.74) is 0. The molecule has 0 aromatic heterocycles. The molecule has 6 aromatic carbocycles. The van der Waals surface area contributed by atoms with Crippen LogP contribution in [0, 0.1) is 35.6 Å². The fourth-order valence-corrected chi connectivity index (χ4v) is 3.21. The Morgan fingerprint density at radius 3 is 0.929 bits per heavy atom. The maximum atomic E-state index is 2.12. The van der Waals surface area contributed by atoms with Gasteiger partial charge in [-0.25, -0.2) is 0 Å². The number of fused-ring (bicyclic) bond motifs is 3. The normalized spacial score (nSPS) is 9.86. The van der Waals surface area contributed by atoms with Gasteiger partial charge in [0.15, 0.2) is 0 Å². The van der Waals surface area contributed by atoms with E-state index in [2.05, 4.69) is 127 Å². The van der Waals surface area contributed by atoms with Gasteiger partial charge in [0.25, 0.3) is 0 Å². The van der Waals surface area contributed by atoms with Gasteiger partial charge in [-0.2, -0.15) is 52.6 Å². The van der Waals surface area contributed by atoms with E-state index in [0.717, 1.165) is 0 Å². The van der Waals surface area contributed by atoms with Gasteiger partial charge < -0.3 is 0 Å². The van der Waals surface area contributed by atoms with E-state index in [1.165, 1.54) is 32.3 Å². The van der Waals surface area contributed by atoms with Crippen LogP contribution in [0.3, 0.4) is 0 Å². The summed E-state index contributed by atoms with van der Waals surface area (Å²) in [7, 11) is 0. The molecule has 0 unspecified atom stereocenters. The zero-order chi connectivity index (χ0) is 18.3. The average molecular weight is 484 g/mol. The van der Waals surface area contributed by atoms with Crippen molar-refractivity contribution < 1.29 is 35.6 Å². The molecular formula is C27H21La. The predicted molar refractivity (Wildman–Crippen MR) is 119 cm³/mol. The van der Waals surface area contributed by atoms with Crippen LogP contribution in [0.1, 0.15) is 0 Å². The third-order valence-electron chi connectivity index (χ3n) is 4.64. The van der Waals surface area contributed by atoms with Gasteiger partial charge in [0.2, 0.25) is 0 Å². The van der Waals surface area contributed by atoms with Crippen molar-refractivity contribution in [3.63, 3.8) is 0 Å². The molecule has 0 spiro atoms. The van der Waals surface area contributed by atoms with Gasteiger partial charge >= 0.3 is 35.6 Å². The SMILES string of the molecule is [La+3].c1ccc2[cH-]ccc2c1.c1ccc2[cH-]ccc2c1.c1ccc2[cH-]ccc2c1. The van der Waals surface area contributed by atoms with Crippen LogP contribution >= 0.6 is 0 Å². The molecule has 0 nitrogen and oxygen atoms in total. The van der Waals surface area contributed by atoms with Crippen LogP contribution in [0.25, 0.3) is 32.3 Å². The van der Waals surface area contributed by atoms with Crippen LogP contribution in [-0.4, -0.2) is 0 Å². The summed E-state index contributed by atoms with van der Waals surface area (Å²) in [5, 5.41) is 7.99. The fourth-order valence-electron chi connectivity index (χ4n) is 3.21. The van der Waals surface area contributed by atoms with Crippen molar-refractivity contribution in [2.45, 2.75) is 0 Å². The van der Waals surface area contributed by atoms with Crippen molar-refractivity contribution in [3.05, 3.63) is 127 Å². The third-order valence-corrected chi connectivity index (χ3v) is 4.64. The molecule has 132 valence electrons. The van der Waals surface area contributed by atoms with Crippen molar-refractivity contribution in [2.24, 2.45) is 0 Å². The summed E-state index contributed by atoms with van der Waals surface area (Å²) >= 11 is 0. The van der Waals surface area contributed by atoms with Crippen LogP contribution in [-0.2, 0) is 0 Å². The van der Waals surface area contributed by atoms with Crippen molar-refractivity contribution in [2.75, 3.05) is 0 Å². The molecule has 6 rings (SSSR count). The first-order valence-corrected chi connectivity index (χ1v) is 9.21. The zero-order valence-corrected chi connectivity index (χ0v) is 19.3. The van der Waals surface area contributed by atoms with E-state index in [1.807, 2.05) is 0 Å². The van der Waals surface area contributed by atoms with E-state index in [1.54, 1.807) is 0 Å². The minimum atomic E-state index is 0. The Hall–Kier alpha value is -2.32. The fraction of sp³-hybridized carbons (Fsp3) is 0. The molecule has 0 bridgehead atoms. The van der Waals surface area contributed by atoms with Gasteiger partial charge in [-0.05, 0) is 0 Å². The molecule has 0 N–H and O–H groups in total. The zero-order valence-electron chi connectivity index (χ0n) is 15.7. The third kappa shape index (κ3) is 5.14. The molecule has 0 radical (unpaired) electrons. The number of hydrogen-bond donors (Lipinski definition) is 0. The van der Waals surface area contributed by atoms with Crippen LogP contribution in [0.5, 0.6) is 0 Å². The molecule has 0 saturated heterocycles. The first-order valence-electron chi connectivity index (χ1n) is 9.21. The average Bonchev–Trinajstić information content (AvgIpc) is 3.48. The van der Waals surface area contributed by atoms with Crippen LogP contribution in [0.15, 0.2) is 127 Å². The summed E-state index contributed by atoms with van der Waals surface area (Å²) in [4.78, 5) is 0. The molecule has 0 aliphatic carbocycles. The van der Waals surface area contributed by atoms with E-state index < -0.39 is 0 Å². The second-order valence-corrected chi connectivity index (χ2v) is 6.46. The standard InChI is InChI=1S/3C9H7.La/c3*1-2-5-9-7-3-6-8(9)4-1;/h3*1-7H;/q3*-1;+3. The van der Waals surface area contributed by atoms with Crippen LogP contribution < -0.4 is 0 Å². The maximum Gasteiger partial charge on any atom is 3.00 e. The molecule has 0 atom stereocenters. The Morgan fingerprint density at radius 1 is 0.357 bits per heavy atom. The Morgan fingerprint density at radius 2 is 0.643 bits per heavy atom. The summed E-state index contributed by atoms with van der Waals surface area (Å²) < 4.78 is 0. The number of benzene rings is 3. The Bertz CT molecular complexity index is 985. The number of hydrogen-bond acceptors (Lipinski definition) is 0. The van der Waals surface area contributed by atoms with E-state index in [4.69, 9.17) is 0 Å². The molecule has 28 heavy (non-hydrogen) atoms. The van der Waals surface area contributed by atoms with Crippen molar-refractivity contribution in [1.29, 1.82) is 0 Å². The Balaban J connectivity index is 0.000000118. The molecule has 0 heterocycles. The topological polar surface area (TPSA) is 0 Å². The first-order chi connectivity index (χ1) is 13.4. The minimum absolute atomic E-state index is 0. The second kappa shape index (κ2) is 10.3. The van der Waals surface area contributed by atoms with Crippen LogP contribution in [0.4, 0.5) is 0 Å². The minimum Gasteiger partial charge on any atom is -0.168 e. The Kier molecular flexibility index (Phi) is 7.50. The molecule has 0 aliphatic heterocycles. The van der Waals surface area contributed by atoms with Gasteiger partial charge in [0, 0.05) is 0 Å². The maximum absolute atomic E-state index is 2.12. The van der Waals surface area contributed by atoms with Gasteiger partial charge in [-0.1, -0.05) is 18.2 Å². The van der Waals surface area contributed by atoms with E-state index >= 15 is 0 Å². The molecule has 0 aliphatic rings. The molecule has 0 fully saturated rings. The molecule has 6 aromatic rings. The van der Waals surface area contributed by atoms with Crippen molar-refractivity contribution in [3.8, 4) is 0 Å². The summed E-state index contributed by atoms with van der Waals surface area (Å²) in [6, 6.07) is 44.0. The summed E-state index contributed by atoms with van der Waals surface area (Å²) in [6.45, 7) is 0. The van der Waals surface area contributed by atoms with E-state index in [-0.39, 0.29) is 35.6 Å². The van der Waals surface area contributed by atoms with Crippen molar-refractivity contribution >= 4 is 32.3 Å². The quantitative estimate of drug-likeness (QED) is 0.194. The Labute approximate surface area is 194 Å². The largest absolute Gasteiger partial charge is 3.00 e. The number of rotatable bonds is 0. The molecule has 0 saturated carbocycles. The molecular weight excluding hydrogens is 463 g/mol. The second-order valence-electron chi connectivity index (χ2n) is 6.46. The smallest absolute Gasteiger partial charge is 0.168 e. The predicted octanol–water partition coefficient (Wildman–Crippen LogP) is 7.68. The summed E-state index contributed by atoms with van der Waals surface area (Å²) in [5.74, 6) is 0. The van der Waals surface area contributed by atoms with Crippen molar-refractivity contribution in [1.82, 2.24) is 0 Å². The van der Waals surface area contributed by atoms with E-state index in [9.17, 15) is 0 Å². The van der Waals surface area contributed by atoms with Gasteiger partial charge in [0.05, 0.1) is 0 Å². The van der Waals surface area contributed by atoms with Crippen LogP contribution in [0.2, 0.25) is 0 Å². The summed E-state index contributed by atoms with van der Waals surface area (Å²) in [6.07, 6.45) is 0. The van der Waals surface area contributed by atoms with Gasteiger partial charge in [-0.15, -0.1) is 89.0 Å². The monoisotopic (exact) mass is 484 g/mol. The molecule has 1 heteroatoms. The molecule has 0 amide bonds. The van der Waals surface area contributed by atoms with E-state index in [0.29, 0.717) is 0 Å². The first kappa shape index (κ1) is 20.4.